The maximum atomic E-state index is 14.3. The molecular formula is C32H36N6O5. The van der Waals surface area contributed by atoms with Crippen LogP contribution in [0.4, 0.5) is 11.4 Å². The van der Waals surface area contributed by atoms with Gasteiger partial charge in [-0.2, -0.15) is 0 Å². The molecule has 6 rings (SSSR count). The summed E-state index contributed by atoms with van der Waals surface area (Å²) in [7, 11) is 1.57. The number of amides is 2. The molecule has 2 aliphatic rings. The number of aromatic nitrogens is 3. The van der Waals surface area contributed by atoms with Gasteiger partial charge in [-0.3, -0.25) is 14.5 Å². The molecule has 0 bridgehead atoms. The highest BCUT2D eigenvalue weighted by molar-refractivity contribution is 6.01. The number of nitrogens with one attached hydrogen (secondary N) is 1. The molecule has 43 heavy (non-hydrogen) atoms. The fourth-order valence-corrected chi connectivity index (χ4v) is 5.66. The molecule has 224 valence electrons. The first-order valence-corrected chi connectivity index (χ1v) is 14.7. The average Bonchev–Trinajstić information content (AvgIpc) is 3.73. The number of carbonyl (C=O) groups is 2. The van der Waals surface area contributed by atoms with Gasteiger partial charge in [-0.15, -0.1) is 5.10 Å². The van der Waals surface area contributed by atoms with Gasteiger partial charge < -0.3 is 24.4 Å². The largest absolute Gasteiger partial charge is 0.497 e. The summed E-state index contributed by atoms with van der Waals surface area (Å²) in [5.74, 6) is -0.0460. The topological polar surface area (TPSA) is 111 Å². The fourth-order valence-electron chi connectivity index (χ4n) is 5.66. The fraction of sp³-hybridized carbons (Fsp3) is 0.375. The van der Waals surface area contributed by atoms with Crippen LogP contribution < -0.4 is 19.9 Å². The molecular weight excluding hydrogens is 548 g/mol. The molecule has 0 unspecified atom stereocenters. The number of ether oxygens (including phenoxy) is 3. The Morgan fingerprint density at radius 3 is 2.63 bits per heavy atom. The predicted octanol–water partition coefficient (Wildman–Crippen LogP) is 3.35. The number of morpholine rings is 1. The summed E-state index contributed by atoms with van der Waals surface area (Å²) >= 11 is 0. The van der Waals surface area contributed by atoms with E-state index >= 15 is 0 Å². The Morgan fingerprint density at radius 2 is 1.86 bits per heavy atom. The highest BCUT2D eigenvalue weighted by atomic mass is 16.5. The zero-order valence-electron chi connectivity index (χ0n) is 24.2. The van der Waals surface area contributed by atoms with Gasteiger partial charge in [0, 0.05) is 43.7 Å². The van der Waals surface area contributed by atoms with Crippen molar-refractivity contribution in [2.45, 2.75) is 31.5 Å². The van der Waals surface area contributed by atoms with Crippen molar-refractivity contribution in [3.63, 3.8) is 0 Å². The lowest BCUT2D eigenvalue weighted by Crippen LogP contribution is -2.46. The van der Waals surface area contributed by atoms with E-state index in [2.05, 4.69) is 20.5 Å². The Hall–Kier alpha value is -4.48. The zero-order valence-corrected chi connectivity index (χ0v) is 24.2. The van der Waals surface area contributed by atoms with Gasteiger partial charge in [-0.25, -0.2) is 4.68 Å². The Labute approximate surface area is 250 Å². The van der Waals surface area contributed by atoms with Crippen LogP contribution in [0.5, 0.6) is 5.75 Å². The van der Waals surface area contributed by atoms with Crippen LogP contribution in [-0.2, 0) is 25.6 Å². The molecule has 3 aromatic carbocycles. The summed E-state index contributed by atoms with van der Waals surface area (Å²) in [6, 6.07) is 21.5. The Bertz CT molecular complexity index is 1550. The molecule has 2 saturated heterocycles. The van der Waals surface area contributed by atoms with E-state index in [9.17, 15) is 9.59 Å². The molecule has 1 N–H and O–H groups in total. The van der Waals surface area contributed by atoms with Crippen molar-refractivity contribution in [2.24, 2.45) is 0 Å². The number of hydrogen-bond donors (Lipinski definition) is 1. The second-order valence-corrected chi connectivity index (χ2v) is 10.7. The third-order valence-electron chi connectivity index (χ3n) is 7.93. The standard InChI is InChI=1S/C32H36N6O5/c1-41-26-7-4-6-25(20-26)38(30(39)22-37-29-10-3-2-9-28(29)34-35-37)31(32(40)33-21-27-8-5-17-43-27)23-11-13-24(14-12-23)36-15-18-42-19-16-36/h2-4,6-7,9-14,20,27,31H,5,8,15-19,21-22H2,1H3,(H,33,40)/t27-,31+/m0/s1. The van der Waals surface area contributed by atoms with Crippen molar-refractivity contribution in [3.05, 3.63) is 78.4 Å². The minimum absolute atomic E-state index is 0.0456. The Balaban J connectivity index is 1.38. The number of anilines is 2. The van der Waals surface area contributed by atoms with E-state index in [1.54, 1.807) is 23.9 Å². The molecule has 1 aromatic heterocycles. The second-order valence-electron chi connectivity index (χ2n) is 10.7. The molecule has 4 aromatic rings. The Morgan fingerprint density at radius 1 is 1.05 bits per heavy atom. The lowest BCUT2D eigenvalue weighted by atomic mass is 10.0. The van der Waals surface area contributed by atoms with E-state index in [1.807, 2.05) is 60.7 Å². The minimum atomic E-state index is -0.963. The molecule has 3 heterocycles. The van der Waals surface area contributed by atoms with Crippen molar-refractivity contribution in [1.29, 1.82) is 0 Å². The predicted molar refractivity (Wildman–Crippen MR) is 162 cm³/mol. The molecule has 11 heteroatoms. The summed E-state index contributed by atoms with van der Waals surface area (Å²) in [5, 5.41) is 11.5. The monoisotopic (exact) mass is 584 g/mol. The second kappa shape index (κ2) is 13.2. The van der Waals surface area contributed by atoms with Gasteiger partial charge in [0.05, 0.1) is 31.9 Å². The SMILES string of the molecule is COc1cccc(N(C(=O)Cn2nnc3ccccc32)[C@@H](C(=O)NC[C@@H]2CCCO2)c2ccc(N3CCOCC3)cc2)c1. The van der Waals surface area contributed by atoms with Crippen LogP contribution in [0.2, 0.25) is 0 Å². The van der Waals surface area contributed by atoms with Gasteiger partial charge in [-0.05, 0) is 54.8 Å². The van der Waals surface area contributed by atoms with E-state index in [0.29, 0.717) is 48.9 Å². The lowest BCUT2D eigenvalue weighted by molar-refractivity contribution is -0.127. The first-order chi connectivity index (χ1) is 21.1. The smallest absolute Gasteiger partial charge is 0.249 e. The maximum absolute atomic E-state index is 14.3. The number of para-hydroxylation sites is 1. The summed E-state index contributed by atoms with van der Waals surface area (Å²) in [4.78, 5) is 32.2. The van der Waals surface area contributed by atoms with Crippen LogP contribution in [0.1, 0.15) is 24.4 Å². The van der Waals surface area contributed by atoms with Gasteiger partial charge in [0.1, 0.15) is 23.9 Å². The number of carbonyl (C=O) groups excluding carboxylic acids is 2. The number of hydrogen-bond acceptors (Lipinski definition) is 8. The molecule has 2 amide bonds. The normalized spacial score (nSPS) is 17.5. The quantitative estimate of drug-likeness (QED) is 0.302. The molecule has 0 saturated carbocycles. The number of fused-ring (bicyclic) bond motifs is 1. The van der Waals surface area contributed by atoms with Gasteiger partial charge in [0.25, 0.3) is 0 Å². The molecule has 2 atom stereocenters. The molecule has 2 aliphatic heterocycles. The zero-order chi connectivity index (χ0) is 29.6. The van der Waals surface area contributed by atoms with Crippen LogP contribution in [0.15, 0.2) is 72.8 Å². The third kappa shape index (κ3) is 6.47. The van der Waals surface area contributed by atoms with Crippen LogP contribution in [-0.4, -0.2) is 79.5 Å². The Kier molecular flexibility index (Phi) is 8.80. The molecule has 0 spiro atoms. The number of methoxy groups -OCH3 is 1. The molecule has 11 nitrogen and oxygen atoms in total. The van der Waals surface area contributed by atoms with Crippen LogP contribution in [0.25, 0.3) is 11.0 Å². The van der Waals surface area contributed by atoms with Crippen molar-refractivity contribution in [2.75, 3.05) is 56.4 Å². The average molecular weight is 585 g/mol. The van der Waals surface area contributed by atoms with Crippen LogP contribution in [0, 0.1) is 0 Å². The van der Waals surface area contributed by atoms with Crippen molar-refractivity contribution >= 4 is 34.2 Å². The van der Waals surface area contributed by atoms with Crippen molar-refractivity contribution in [1.82, 2.24) is 20.3 Å². The van der Waals surface area contributed by atoms with E-state index in [4.69, 9.17) is 14.2 Å². The highest BCUT2D eigenvalue weighted by Gasteiger charge is 2.34. The maximum Gasteiger partial charge on any atom is 0.249 e. The van der Waals surface area contributed by atoms with Crippen molar-refractivity contribution < 1.29 is 23.8 Å². The van der Waals surface area contributed by atoms with Crippen LogP contribution >= 0.6 is 0 Å². The summed E-state index contributed by atoms with van der Waals surface area (Å²) in [5.41, 5.74) is 3.67. The molecule has 0 aliphatic carbocycles. The van der Waals surface area contributed by atoms with Crippen LogP contribution in [0.3, 0.4) is 0 Å². The van der Waals surface area contributed by atoms with E-state index in [-0.39, 0.29) is 24.5 Å². The summed E-state index contributed by atoms with van der Waals surface area (Å²) < 4.78 is 18.3. The van der Waals surface area contributed by atoms with Crippen molar-refractivity contribution in [3.8, 4) is 5.75 Å². The van der Waals surface area contributed by atoms with E-state index in [0.717, 1.165) is 37.1 Å². The van der Waals surface area contributed by atoms with E-state index in [1.165, 1.54) is 4.90 Å². The molecule has 0 radical (unpaired) electrons. The van der Waals surface area contributed by atoms with Gasteiger partial charge in [0.2, 0.25) is 11.8 Å². The number of nitrogens with zero attached hydrogens (tertiary/aromatic N) is 5. The van der Waals surface area contributed by atoms with Gasteiger partial charge >= 0.3 is 0 Å². The first kappa shape index (κ1) is 28.6. The molecule has 2 fully saturated rings. The first-order valence-electron chi connectivity index (χ1n) is 14.7. The summed E-state index contributed by atoms with van der Waals surface area (Å²) in [6.45, 7) is 3.88. The summed E-state index contributed by atoms with van der Waals surface area (Å²) in [6.07, 6.45) is 1.81. The van der Waals surface area contributed by atoms with Gasteiger partial charge in [0.15, 0.2) is 0 Å². The number of rotatable bonds is 10. The van der Waals surface area contributed by atoms with E-state index < -0.39 is 6.04 Å². The van der Waals surface area contributed by atoms with Gasteiger partial charge in [-0.1, -0.05) is 35.5 Å². The number of benzene rings is 3. The third-order valence-corrected chi connectivity index (χ3v) is 7.93. The lowest BCUT2D eigenvalue weighted by Gasteiger charge is -2.33. The minimum Gasteiger partial charge on any atom is -0.497 e. The highest BCUT2D eigenvalue weighted by Crippen LogP contribution is 2.32.